The van der Waals surface area contributed by atoms with Gasteiger partial charge in [-0.25, -0.2) is 0 Å². The number of rotatable bonds is 2. The van der Waals surface area contributed by atoms with E-state index in [-0.39, 0.29) is 34.6 Å². The molecule has 15 heavy (non-hydrogen) atoms. The molecule has 1 radical (unpaired) electrons. The third kappa shape index (κ3) is 3.71. The summed E-state index contributed by atoms with van der Waals surface area (Å²) in [5, 5.41) is 10.0. The van der Waals surface area contributed by atoms with Crippen molar-refractivity contribution < 1.29 is 17.9 Å². The Balaban J connectivity index is 0.00000196. The van der Waals surface area contributed by atoms with Crippen LogP contribution in [-0.2, 0) is 10.1 Å². The molecule has 0 bridgehead atoms. The van der Waals surface area contributed by atoms with Crippen LogP contribution in [0.3, 0.4) is 0 Å². The van der Waals surface area contributed by atoms with Crippen molar-refractivity contribution in [2.45, 2.75) is 4.90 Å². The summed E-state index contributed by atoms with van der Waals surface area (Å²) >= 11 is 5.42. The summed E-state index contributed by atoms with van der Waals surface area (Å²) in [4.78, 5) is 8.82. The summed E-state index contributed by atoms with van der Waals surface area (Å²) in [6, 6.07) is 2.76. The van der Waals surface area contributed by atoms with Gasteiger partial charge in [0.05, 0.1) is 9.95 Å². The van der Waals surface area contributed by atoms with E-state index in [1.165, 1.54) is 0 Å². The molecule has 0 fully saturated rings. The van der Waals surface area contributed by atoms with E-state index >= 15 is 0 Å². The van der Waals surface area contributed by atoms with Gasteiger partial charge in [-0.2, -0.15) is 8.42 Å². The van der Waals surface area contributed by atoms with Crippen molar-refractivity contribution in [2.75, 3.05) is 0 Å². The summed E-state index contributed by atoms with van der Waals surface area (Å²) in [5.41, 5.74) is -0.456. The Hall–Kier alpha value is -0.180. The number of hydrogen-bond acceptors (Lipinski definition) is 4. The molecule has 0 unspecified atom stereocenters. The molecule has 0 aromatic heterocycles. The van der Waals surface area contributed by atoms with Crippen LogP contribution in [0.25, 0.3) is 0 Å². The zero-order valence-electron chi connectivity index (χ0n) is 7.55. The smallest absolute Gasteiger partial charge is 0.282 e. The van der Waals surface area contributed by atoms with Crippen LogP contribution in [0.1, 0.15) is 0 Å². The van der Waals surface area contributed by atoms with Gasteiger partial charge in [0.2, 0.25) is 0 Å². The first-order valence-electron chi connectivity index (χ1n) is 3.24. The molecule has 9 heteroatoms. The summed E-state index contributed by atoms with van der Waals surface area (Å²) in [6.45, 7) is 0. The Bertz CT molecular complexity index is 488. The topological polar surface area (TPSA) is 97.5 Å². The molecule has 77 valence electrons. The molecule has 0 aliphatic carbocycles. The SMILES string of the molecule is O=[N+]([O-])c1ccc(Cl)c(S(=O)(=O)O)c1.[Na]. The van der Waals surface area contributed by atoms with Crippen LogP contribution in [-0.4, -0.2) is 47.5 Å². The Morgan fingerprint density at radius 1 is 1.40 bits per heavy atom. The molecule has 1 N–H and O–H groups in total. The summed E-state index contributed by atoms with van der Waals surface area (Å²) < 4.78 is 30.0. The molecule has 0 aliphatic rings. The minimum atomic E-state index is -4.53. The molecule has 0 spiro atoms. The van der Waals surface area contributed by atoms with Crippen LogP contribution in [0, 0.1) is 10.1 Å². The van der Waals surface area contributed by atoms with E-state index in [9.17, 15) is 18.5 Å². The van der Waals surface area contributed by atoms with Crippen LogP contribution < -0.4 is 0 Å². The normalized spacial score (nSPS) is 10.5. The minimum Gasteiger partial charge on any atom is -0.282 e. The minimum absolute atomic E-state index is 0. The average molecular weight is 261 g/mol. The Morgan fingerprint density at radius 3 is 2.33 bits per heavy atom. The molecule has 0 saturated heterocycles. The second kappa shape index (κ2) is 5.24. The first-order chi connectivity index (χ1) is 6.32. The zero-order chi connectivity index (χ0) is 10.9. The second-order valence-corrected chi connectivity index (χ2v) is 4.14. The molecular formula is C6H4ClNNaO5S. The largest absolute Gasteiger partial charge is 0.296 e. The maximum absolute atomic E-state index is 10.7. The van der Waals surface area contributed by atoms with Crippen molar-refractivity contribution in [1.82, 2.24) is 0 Å². The number of hydrogen-bond donors (Lipinski definition) is 1. The van der Waals surface area contributed by atoms with Crippen LogP contribution in [0.4, 0.5) is 5.69 Å². The Labute approximate surface area is 112 Å². The van der Waals surface area contributed by atoms with Crippen LogP contribution >= 0.6 is 11.6 Å². The molecule has 1 aromatic rings. The molecule has 0 atom stereocenters. The maximum atomic E-state index is 10.7. The fourth-order valence-corrected chi connectivity index (χ4v) is 1.80. The van der Waals surface area contributed by atoms with Crippen molar-refractivity contribution in [3.8, 4) is 0 Å². The van der Waals surface area contributed by atoms with Gasteiger partial charge in [-0.1, -0.05) is 11.6 Å². The first kappa shape index (κ1) is 14.8. The van der Waals surface area contributed by atoms with Crippen molar-refractivity contribution in [2.24, 2.45) is 0 Å². The predicted molar refractivity (Wildman–Crippen MR) is 53.7 cm³/mol. The number of nitro groups is 1. The van der Waals surface area contributed by atoms with Gasteiger partial charge in [0.25, 0.3) is 15.8 Å². The quantitative estimate of drug-likeness (QED) is 0.372. The second-order valence-electron chi connectivity index (χ2n) is 2.35. The number of non-ortho nitro benzene ring substituents is 1. The molecule has 1 rings (SSSR count). The summed E-state index contributed by atoms with van der Waals surface area (Å²) in [6.07, 6.45) is 0. The van der Waals surface area contributed by atoms with Gasteiger partial charge in [-0.05, 0) is 6.07 Å². The number of nitro benzene ring substituents is 1. The van der Waals surface area contributed by atoms with Gasteiger partial charge in [-0.3, -0.25) is 14.7 Å². The van der Waals surface area contributed by atoms with Crippen molar-refractivity contribution in [3.63, 3.8) is 0 Å². The van der Waals surface area contributed by atoms with Crippen LogP contribution in [0.2, 0.25) is 5.02 Å². The monoisotopic (exact) mass is 260 g/mol. The van der Waals surface area contributed by atoms with Crippen LogP contribution in [0.15, 0.2) is 23.1 Å². The molecular weight excluding hydrogens is 257 g/mol. The summed E-state index contributed by atoms with van der Waals surface area (Å²) in [7, 11) is -4.53. The molecule has 0 aliphatic heterocycles. The van der Waals surface area contributed by atoms with Gasteiger partial charge in [0.15, 0.2) is 0 Å². The maximum Gasteiger partial charge on any atom is 0.296 e. The fourth-order valence-electron chi connectivity index (χ4n) is 0.803. The van der Waals surface area contributed by atoms with Gasteiger partial charge in [-0.15, -0.1) is 0 Å². The van der Waals surface area contributed by atoms with Gasteiger partial charge in [0, 0.05) is 41.7 Å². The predicted octanol–water partition coefficient (Wildman–Crippen LogP) is 1.11. The third-order valence-corrected chi connectivity index (χ3v) is 2.74. The van der Waals surface area contributed by atoms with Gasteiger partial charge in [0.1, 0.15) is 4.90 Å². The van der Waals surface area contributed by atoms with Crippen molar-refractivity contribution in [3.05, 3.63) is 33.3 Å². The van der Waals surface area contributed by atoms with Crippen molar-refractivity contribution >= 4 is 57.0 Å². The fraction of sp³-hybridized carbons (Fsp3) is 0. The molecule has 0 amide bonds. The van der Waals surface area contributed by atoms with E-state index in [0.29, 0.717) is 6.07 Å². The number of benzene rings is 1. The number of halogens is 1. The first-order valence-corrected chi connectivity index (χ1v) is 5.05. The summed E-state index contributed by atoms with van der Waals surface area (Å²) in [5.74, 6) is 0. The Morgan fingerprint density at radius 2 is 1.93 bits per heavy atom. The standard InChI is InChI=1S/C6H4ClNO5S.Na/c7-5-2-1-4(8(9)10)3-6(5)14(11,12)13;/h1-3H,(H,11,12,13);. The van der Waals surface area contributed by atoms with E-state index in [4.69, 9.17) is 16.2 Å². The Kier molecular flexibility index (Phi) is 5.18. The van der Waals surface area contributed by atoms with Gasteiger partial charge < -0.3 is 0 Å². The van der Waals surface area contributed by atoms with E-state index in [1.54, 1.807) is 0 Å². The van der Waals surface area contributed by atoms with E-state index in [0.717, 1.165) is 12.1 Å². The van der Waals surface area contributed by atoms with E-state index < -0.39 is 25.6 Å². The third-order valence-electron chi connectivity index (χ3n) is 1.40. The van der Waals surface area contributed by atoms with Crippen molar-refractivity contribution in [1.29, 1.82) is 0 Å². The van der Waals surface area contributed by atoms with E-state index in [1.807, 2.05) is 0 Å². The average Bonchev–Trinajstić information content (AvgIpc) is 2.02. The molecule has 1 aromatic carbocycles. The molecule has 6 nitrogen and oxygen atoms in total. The zero-order valence-corrected chi connectivity index (χ0v) is 11.1. The number of nitrogens with zero attached hydrogens (tertiary/aromatic N) is 1. The molecule has 0 heterocycles. The van der Waals surface area contributed by atoms with E-state index in [2.05, 4.69) is 0 Å². The van der Waals surface area contributed by atoms with Gasteiger partial charge >= 0.3 is 0 Å². The molecule has 0 saturated carbocycles. The van der Waals surface area contributed by atoms with Crippen LogP contribution in [0.5, 0.6) is 0 Å².